The van der Waals surface area contributed by atoms with Gasteiger partial charge in [-0.05, 0) is 126 Å². The Hall–Kier alpha value is -9.38. The number of aromatic amines is 2. The van der Waals surface area contributed by atoms with E-state index in [0.717, 1.165) is 89.6 Å². The molecule has 4 aliphatic heterocycles. The molecule has 3 N–H and O–H groups in total. The number of aromatic nitrogens is 7. The molecule has 0 spiro atoms. The lowest BCUT2D eigenvalue weighted by Gasteiger charge is -2.30. The molecule has 454 valence electrons. The second kappa shape index (κ2) is 28.9. The van der Waals surface area contributed by atoms with Gasteiger partial charge in [0.15, 0.2) is 0 Å². The quantitative estimate of drug-likeness (QED) is 0.118. The second-order valence-electron chi connectivity index (χ2n) is 22.4. The molecule has 0 fully saturated rings. The van der Waals surface area contributed by atoms with Gasteiger partial charge in [0.25, 0.3) is 5.91 Å². The fourth-order valence-corrected chi connectivity index (χ4v) is 9.24. The van der Waals surface area contributed by atoms with E-state index in [0.29, 0.717) is 87.2 Å². The highest BCUT2D eigenvalue weighted by molar-refractivity contribution is 5.94. The molecule has 23 nitrogen and oxygen atoms in total. The summed E-state index contributed by atoms with van der Waals surface area (Å²) in [6.07, 6.45) is 7.44. The second-order valence-corrected chi connectivity index (χ2v) is 22.4. The zero-order chi connectivity index (χ0) is 61.4. The number of hydrogen-bond acceptors (Lipinski definition) is 18. The fraction of sp³-hybridized carbons (Fsp3) is 0.397. The monoisotopic (exact) mass is 1180 g/mol. The van der Waals surface area contributed by atoms with Crippen LogP contribution in [0.3, 0.4) is 0 Å². The molecule has 0 saturated heterocycles. The number of carbonyl (C=O) groups excluding carboxylic acids is 3. The number of H-pyrrole nitrogens is 2. The van der Waals surface area contributed by atoms with Gasteiger partial charge in [0, 0.05) is 74.1 Å². The molecule has 7 aromatic heterocycles. The van der Waals surface area contributed by atoms with Gasteiger partial charge in [-0.1, -0.05) is 24.3 Å². The van der Waals surface area contributed by atoms with Gasteiger partial charge >= 0.3 is 12.2 Å². The lowest BCUT2D eigenvalue weighted by molar-refractivity contribution is 0.0210. The maximum Gasteiger partial charge on any atom is 0.410 e. The Morgan fingerprint density at radius 3 is 1.47 bits per heavy atom. The van der Waals surface area contributed by atoms with Crippen LogP contribution in [0.15, 0.2) is 113 Å². The lowest BCUT2D eigenvalue weighted by atomic mass is 10.0. The van der Waals surface area contributed by atoms with Gasteiger partial charge in [-0.2, -0.15) is 0 Å². The van der Waals surface area contributed by atoms with Crippen molar-refractivity contribution in [2.24, 2.45) is 0 Å². The zero-order valence-electron chi connectivity index (χ0n) is 50.2. The molecular formula is C63H75N11O12. The summed E-state index contributed by atoms with van der Waals surface area (Å²) in [5.41, 5.74) is 9.08. The van der Waals surface area contributed by atoms with Crippen LogP contribution in [0.1, 0.15) is 108 Å². The summed E-state index contributed by atoms with van der Waals surface area (Å²) >= 11 is 0. The standard InChI is InChI=1S/C22H22N4O4.C20H25N3O4.C13H18N2O3.C8H10N2O/c1-28-18-6-5-17(23-12-18)14-30-21-8-3-15-9-10-26(13-19(15)25-21)22(27)16-4-7-20(29-2)24-11-16;1-20(2,3)27-19(24)23-10-9-14-5-8-18(22-17(14)12-23)26-13-15-6-7-16(25-4)11-21-15;1-13(2,3)18-12(17)15-7-6-9-4-5-11(16)14-10(9)8-15;11-8-2-1-6-3-4-9-5-7(6)10-8/h3-8,11-12H,9-10,13-14H2,1-2H3;5-8,11H,9-10,12-13H2,1-4H3;4-5H,6-8H2,1-3H3,(H,14,16);1-2,9H,3-5H2,(H,10,11). The van der Waals surface area contributed by atoms with Crippen LogP contribution in [-0.2, 0) is 74.5 Å². The molecule has 11 rings (SSSR count). The number of nitrogens with one attached hydrogen (secondary N) is 3. The summed E-state index contributed by atoms with van der Waals surface area (Å²) in [5.74, 6) is 2.82. The Labute approximate surface area is 499 Å². The van der Waals surface area contributed by atoms with Gasteiger partial charge in [0.1, 0.15) is 35.9 Å². The van der Waals surface area contributed by atoms with Crippen molar-refractivity contribution < 1.29 is 47.5 Å². The maximum absolute atomic E-state index is 12.8. The topological polar surface area (TPSA) is 268 Å². The number of ether oxygens (including phenoxy) is 7. The Balaban J connectivity index is 0.000000157. The molecule has 86 heavy (non-hydrogen) atoms. The van der Waals surface area contributed by atoms with Gasteiger partial charge in [0.05, 0.1) is 81.7 Å². The van der Waals surface area contributed by atoms with E-state index in [4.69, 9.17) is 33.2 Å². The van der Waals surface area contributed by atoms with Crippen LogP contribution in [-0.4, -0.2) is 126 Å². The van der Waals surface area contributed by atoms with Crippen LogP contribution in [0.4, 0.5) is 9.59 Å². The highest BCUT2D eigenvalue weighted by Gasteiger charge is 2.29. The first-order valence-electron chi connectivity index (χ1n) is 28.3. The highest BCUT2D eigenvalue weighted by Crippen LogP contribution is 2.26. The first kappa shape index (κ1) is 62.7. The van der Waals surface area contributed by atoms with E-state index in [9.17, 15) is 24.0 Å². The van der Waals surface area contributed by atoms with Crippen molar-refractivity contribution in [3.05, 3.63) is 186 Å². The Bertz CT molecular complexity index is 3550. The first-order chi connectivity index (χ1) is 41.2. The van der Waals surface area contributed by atoms with Crippen molar-refractivity contribution >= 4 is 18.1 Å². The van der Waals surface area contributed by atoms with E-state index in [-0.39, 0.29) is 29.2 Å². The minimum atomic E-state index is -0.513. The van der Waals surface area contributed by atoms with E-state index in [1.54, 1.807) is 66.6 Å². The van der Waals surface area contributed by atoms with Crippen LogP contribution < -0.4 is 40.1 Å². The SMILES string of the molecule is CC(C)(C)OC(=O)N1CCc2ccc(=O)[nH]c2C1.COc1ccc(COc2ccc3c(n2)CN(C(=O)OC(C)(C)C)CC3)nc1.COc1ccc(COc2ccc3c(n2)CN(C(=O)c2ccc(OC)nc2)CC3)nc1.O=c1ccc2c([nH]1)CNCC2. The van der Waals surface area contributed by atoms with Gasteiger partial charge in [-0.15, -0.1) is 0 Å². The molecule has 0 saturated carbocycles. The van der Waals surface area contributed by atoms with Crippen molar-refractivity contribution in [2.45, 2.75) is 118 Å². The van der Waals surface area contributed by atoms with Gasteiger partial charge in [0.2, 0.25) is 28.8 Å². The summed E-state index contributed by atoms with van der Waals surface area (Å²) in [4.78, 5) is 91.7. The third-order valence-electron chi connectivity index (χ3n) is 13.7. The van der Waals surface area contributed by atoms with E-state index < -0.39 is 11.2 Å². The number of amides is 3. The van der Waals surface area contributed by atoms with E-state index in [1.165, 1.54) is 17.8 Å². The Morgan fingerprint density at radius 1 is 0.500 bits per heavy atom. The average Bonchev–Trinajstić information content (AvgIpc) is 3.30. The number of methoxy groups -OCH3 is 3. The molecule has 7 aromatic rings. The number of rotatable bonds is 10. The van der Waals surface area contributed by atoms with E-state index in [2.05, 4.69) is 40.2 Å². The minimum Gasteiger partial charge on any atom is -0.495 e. The fourth-order valence-electron chi connectivity index (χ4n) is 9.24. The third kappa shape index (κ3) is 18.3. The maximum atomic E-state index is 12.8. The molecular weight excluding hydrogens is 1100 g/mol. The van der Waals surface area contributed by atoms with Crippen molar-refractivity contribution in [2.75, 3.05) is 47.5 Å². The predicted molar refractivity (Wildman–Crippen MR) is 318 cm³/mol. The predicted octanol–water partition coefficient (Wildman–Crippen LogP) is 7.71. The molecule has 0 atom stereocenters. The molecule has 11 heterocycles. The number of hydrogen-bond donors (Lipinski definition) is 3. The van der Waals surface area contributed by atoms with Crippen LogP contribution >= 0.6 is 0 Å². The van der Waals surface area contributed by atoms with Crippen LogP contribution in [0, 0.1) is 0 Å². The van der Waals surface area contributed by atoms with E-state index >= 15 is 0 Å². The van der Waals surface area contributed by atoms with Gasteiger partial charge in [-0.3, -0.25) is 24.4 Å². The average molecular weight is 1180 g/mol. The largest absolute Gasteiger partial charge is 0.495 e. The van der Waals surface area contributed by atoms with Gasteiger partial charge in [-0.25, -0.2) is 24.5 Å². The number of carbonyl (C=O) groups is 3. The molecule has 23 heteroatoms. The number of fused-ring (bicyclic) bond motifs is 4. The summed E-state index contributed by atoms with van der Waals surface area (Å²) in [7, 11) is 4.75. The van der Waals surface area contributed by atoms with Crippen molar-refractivity contribution in [3.63, 3.8) is 0 Å². The molecule has 3 amide bonds. The molecule has 0 bridgehead atoms. The first-order valence-corrected chi connectivity index (χ1v) is 28.3. The summed E-state index contributed by atoms with van der Waals surface area (Å²) in [6.45, 7) is 16.6. The zero-order valence-corrected chi connectivity index (χ0v) is 50.2. The summed E-state index contributed by atoms with van der Waals surface area (Å²) in [6, 6.07) is 25.3. The molecule has 0 aromatic carbocycles. The molecule has 0 radical (unpaired) electrons. The molecule has 0 unspecified atom stereocenters. The van der Waals surface area contributed by atoms with Crippen molar-refractivity contribution in [1.29, 1.82) is 0 Å². The van der Waals surface area contributed by atoms with E-state index in [1.807, 2.05) is 102 Å². The van der Waals surface area contributed by atoms with Crippen molar-refractivity contribution in [3.8, 4) is 29.1 Å². The normalized spacial score (nSPS) is 14.0. The number of nitrogens with zero attached hydrogens (tertiary/aromatic N) is 8. The van der Waals surface area contributed by atoms with Gasteiger partial charge < -0.3 is 63.1 Å². The number of pyridine rings is 7. The van der Waals surface area contributed by atoms with Crippen LogP contribution in [0.2, 0.25) is 0 Å². The molecule has 4 aliphatic rings. The molecule has 0 aliphatic carbocycles. The smallest absolute Gasteiger partial charge is 0.410 e. The highest BCUT2D eigenvalue weighted by atomic mass is 16.6. The lowest BCUT2D eigenvalue weighted by Crippen LogP contribution is -2.40. The van der Waals surface area contributed by atoms with Crippen LogP contribution in [0.5, 0.6) is 29.1 Å². The summed E-state index contributed by atoms with van der Waals surface area (Å²) in [5, 5.41) is 3.20. The third-order valence-corrected chi connectivity index (χ3v) is 13.7. The Kier molecular flexibility index (Phi) is 21.1. The summed E-state index contributed by atoms with van der Waals surface area (Å²) < 4.78 is 37.6. The van der Waals surface area contributed by atoms with Crippen LogP contribution in [0.25, 0.3) is 0 Å². The minimum absolute atomic E-state index is 0.00699. The van der Waals surface area contributed by atoms with Crippen molar-refractivity contribution in [1.82, 2.24) is 54.9 Å². The Morgan fingerprint density at radius 2 is 0.977 bits per heavy atom.